The van der Waals surface area contributed by atoms with Gasteiger partial charge in [-0.3, -0.25) is 9.59 Å². The van der Waals surface area contributed by atoms with Crippen molar-refractivity contribution >= 4 is 22.7 Å². The molecule has 35 heavy (non-hydrogen) atoms. The number of aromatic amines is 1. The van der Waals surface area contributed by atoms with Gasteiger partial charge in [0, 0.05) is 29.6 Å². The molecule has 6 heteroatoms. The summed E-state index contributed by atoms with van der Waals surface area (Å²) in [5, 5.41) is 1.12. The number of hydrogen-bond donors (Lipinski definition) is 1. The highest BCUT2D eigenvalue weighted by molar-refractivity contribution is 5.97. The average Bonchev–Trinajstić information content (AvgIpc) is 3.27. The van der Waals surface area contributed by atoms with Crippen LogP contribution in [-0.4, -0.2) is 52.8 Å². The van der Waals surface area contributed by atoms with Crippen LogP contribution in [0.1, 0.15) is 55.0 Å². The van der Waals surface area contributed by atoms with Crippen molar-refractivity contribution in [3.8, 4) is 5.75 Å². The van der Waals surface area contributed by atoms with Crippen LogP contribution in [0.2, 0.25) is 0 Å². The van der Waals surface area contributed by atoms with E-state index in [4.69, 9.17) is 4.74 Å². The smallest absolute Gasteiger partial charge is 0.246 e. The third-order valence-corrected chi connectivity index (χ3v) is 7.84. The lowest BCUT2D eigenvalue weighted by Gasteiger charge is -2.47. The second-order valence-electron chi connectivity index (χ2n) is 9.88. The quantitative estimate of drug-likeness (QED) is 0.549. The number of benzene rings is 2. The fourth-order valence-electron chi connectivity index (χ4n) is 6.08. The zero-order valence-corrected chi connectivity index (χ0v) is 20.1. The maximum atomic E-state index is 13.8. The van der Waals surface area contributed by atoms with Crippen LogP contribution in [-0.2, 0) is 16.0 Å². The molecule has 3 aliphatic rings. The van der Waals surface area contributed by atoms with Gasteiger partial charge in [-0.2, -0.15) is 0 Å². The number of para-hydroxylation sites is 1. The van der Waals surface area contributed by atoms with Gasteiger partial charge in [-0.15, -0.1) is 0 Å². The highest BCUT2D eigenvalue weighted by Crippen LogP contribution is 2.43. The summed E-state index contributed by atoms with van der Waals surface area (Å²) in [6.07, 6.45) is 8.43. The molecule has 0 bridgehead atoms. The number of nitrogens with zero attached hydrogens (tertiary/aromatic N) is 2. The molecule has 1 N–H and O–H groups in total. The summed E-state index contributed by atoms with van der Waals surface area (Å²) in [5.74, 6) is 0.801. The Kier molecular flexibility index (Phi) is 5.59. The van der Waals surface area contributed by atoms with Crippen LogP contribution in [0.15, 0.2) is 60.2 Å². The van der Waals surface area contributed by atoms with E-state index in [2.05, 4.69) is 23.2 Å². The zero-order valence-electron chi connectivity index (χ0n) is 20.1. The predicted molar refractivity (Wildman–Crippen MR) is 135 cm³/mol. The molecule has 1 fully saturated rings. The fraction of sp³-hybridized carbons (Fsp3) is 0.379. The number of rotatable bonds is 5. The number of H-pyrrole nitrogens is 1. The first kappa shape index (κ1) is 22.0. The van der Waals surface area contributed by atoms with E-state index in [1.807, 2.05) is 41.3 Å². The summed E-state index contributed by atoms with van der Waals surface area (Å²) in [6.45, 7) is 0.754. The number of ether oxygens (including phenoxy) is 1. The van der Waals surface area contributed by atoms with E-state index in [0.717, 1.165) is 52.7 Å². The number of piperazine rings is 1. The molecule has 1 aliphatic carbocycles. The lowest BCUT2D eigenvalue weighted by Crippen LogP contribution is -2.63. The topological polar surface area (TPSA) is 65.6 Å². The van der Waals surface area contributed by atoms with Gasteiger partial charge >= 0.3 is 0 Å². The van der Waals surface area contributed by atoms with Gasteiger partial charge in [0.25, 0.3) is 0 Å². The third kappa shape index (κ3) is 3.81. The third-order valence-electron chi connectivity index (χ3n) is 7.84. The van der Waals surface area contributed by atoms with Crippen molar-refractivity contribution in [1.29, 1.82) is 0 Å². The monoisotopic (exact) mass is 469 g/mol. The molecule has 6 nitrogen and oxygen atoms in total. The van der Waals surface area contributed by atoms with Crippen LogP contribution in [0.3, 0.4) is 0 Å². The van der Waals surface area contributed by atoms with Crippen molar-refractivity contribution in [3.05, 3.63) is 77.0 Å². The molecule has 2 amide bonds. The Morgan fingerprint density at radius 2 is 1.97 bits per heavy atom. The van der Waals surface area contributed by atoms with E-state index >= 15 is 0 Å². The van der Waals surface area contributed by atoms with Crippen molar-refractivity contribution in [2.75, 3.05) is 20.2 Å². The van der Waals surface area contributed by atoms with Crippen molar-refractivity contribution in [1.82, 2.24) is 14.8 Å². The summed E-state index contributed by atoms with van der Waals surface area (Å²) in [4.78, 5) is 34.7. The highest BCUT2D eigenvalue weighted by atomic mass is 16.5. The van der Waals surface area contributed by atoms with Gasteiger partial charge in [0.05, 0.1) is 19.7 Å². The molecule has 6 rings (SSSR count). The van der Waals surface area contributed by atoms with Crippen molar-refractivity contribution in [2.45, 2.75) is 50.6 Å². The molecule has 2 aromatic carbocycles. The molecule has 2 aliphatic heterocycles. The van der Waals surface area contributed by atoms with Gasteiger partial charge < -0.3 is 19.5 Å². The highest BCUT2D eigenvalue weighted by Gasteiger charge is 2.48. The Balaban J connectivity index is 1.39. The second-order valence-corrected chi connectivity index (χ2v) is 9.88. The van der Waals surface area contributed by atoms with Crippen molar-refractivity contribution < 1.29 is 14.3 Å². The number of nitrogens with one attached hydrogen (secondary N) is 1. The van der Waals surface area contributed by atoms with Crippen molar-refractivity contribution in [3.63, 3.8) is 0 Å². The molecule has 0 radical (unpaired) electrons. The zero-order chi connectivity index (χ0) is 23.9. The Hall–Kier alpha value is -3.54. The number of fused-ring (bicyclic) bond motifs is 4. The maximum Gasteiger partial charge on any atom is 0.246 e. The largest absolute Gasteiger partial charge is 0.497 e. The molecule has 1 saturated heterocycles. The average molecular weight is 470 g/mol. The van der Waals surface area contributed by atoms with E-state index in [9.17, 15) is 9.59 Å². The minimum atomic E-state index is -0.500. The molecule has 1 aromatic heterocycles. The Labute approximate surface area is 205 Å². The van der Waals surface area contributed by atoms with Gasteiger partial charge in [0.2, 0.25) is 11.8 Å². The SMILES string of the molecule is COc1cccc(C2c3[nH]c4ccccc4c3C[C@H]3C(=O)N(CCC4=CCCCC4)CC(=O)N23)c1. The van der Waals surface area contributed by atoms with E-state index in [1.54, 1.807) is 12.0 Å². The second kappa shape index (κ2) is 8.91. The molecule has 3 heterocycles. The number of amides is 2. The standard InChI is InChI=1S/C29H31N3O3/c1-35-21-11-7-10-20(16-21)28-27-23(22-12-5-6-13-24(22)30-27)17-25-29(34)31(18-26(33)32(25)28)15-14-19-8-3-2-4-9-19/h5-8,10-13,16,25,28,30H,2-4,9,14-15,17-18H2,1H3/t25-,28?/m0/s1. The minimum Gasteiger partial charge on any atom is -0.497 e. The van der Waals surface area contributed by atoms with E-state index in [0.29, 0.717) is 13.0 Å². The fourth-order valence-corrected chi connectivity index (χ4v) is 6.08. The van der Waals surface area contributed by atoms with Gasteiger partial charge in [-0.1, -0.05) is 42.0 Å². The minimum absolute atomic E-state index is 0.00403. The molecule has 180 valence electrons. The molecule has 0 spiro atoms. The van der Waals surface area contributed by atoms with Crippen LogP contribution in [0.5, 0.6) is 5.75 Å². The van der Waals surface area contributed by atoms with Crippen LogP contribution in [0, 0.1) is 0 Å². The summed E-state index contributed by atoms with van der Waals surface area (Å²) in [6, 6.07) is 15.2. The Bertz CT molecular complexity index is 1320. The molecular weight excluding hydrogens is 438 g/mol. The maximum absolute atomic E-state index is 13.8. The molecular formula is C29H31N3O3. The van der Waals surface area contributed by atoms with Gasteiger partial charge in [0.1, 0.15) is 11.8 Å². The molecule has 2 atom stereocenters. The predicted octanol–water partition coefficient (Wildman–Crippen LogP) is 4.75. The van der Waals surface area contributed by atoms with E-state index in [-0.39, 0.29) is 24.4 Å². The summed E-state index contributed by atoms with van der Waals surface area (Å²) >= 11 is 0. The normalized spacial score (nSPS) is 22.1. The first-order chi connectivity index (χ1) is 17.1. The lowest BCUT2D eigenvalue weighted by molar-refractivity contribution is -0.158. The van der Waals surface area contributed by atoms with E-state index < -0.39 is 6.04 Å². The van der Waals surface area contributed by atoms with Crippen LogP contribution >= 0.6 is 0 Å². The first-order valence-electron chi connectivity index (χ1n) is 12.7. The van der Waals surface area contributed by atoms with Gasteiger partial charge in [0.15, 0.2) is 0 Å². The number of carbonyl (C=O) groups excluding carboxylic acids is 2. The molecule has 3 aromatic rings. The number of methoxy groups -OCH3 is 1. The van der Waals surface area contributed by atoms with Gasteiger partial charge in [-0.05, 0) is 61.4 Å². The summed E-state index contributed by atoms with van der Waals surface area (Å²) in [7, 11) is 1.65. The molecule has 0 saturated carbocycles. The number of carbonyl (C=O) groups is 2. The first-order valence-corrected chi connectivity index (χ1v) is 12.7. The van der Waals surface area contributed by atoms with Crippen LogP contribution < -0.4 is 4.74 Å². The summed E-state index contributed by atoms with van der Waals surface area (Å²) < 4.78 is 5.49. The Morgan fingerprint density at radius 3 is 2.80 bits per heavy atom. The Morgan fingerprint density at radius 1 is 1.09 bits per heavy atom. The lowest BCUT2D eigenvalue weighted by atomic mass is 9.86. The number of allylic oxidation sites excluding steroid dienone is 1. The van der Waals surface area contributed by atoms with Crippen LogP contribution in [0.4, 0.5) is 0 Å². The van der Waals surface area contributed by atoms with E-state index in [1.165, 1.54) is 18.4 Å². The number of aromatic nitrogens is 1. The van der Waals surface area contributed by atoms with Gasteiger partial charge in [-0.25, -0.2) is 0 Å². The summed E-state index contributed by atoms with van der Waals surface area (Å²) in [5.41, 5.74) is 5.54. The molecule has 1 unspecified atom stereocenters. The van der Waals surface area contributed by atoms with Crippen molar-refractivity contribution in [2.24, 2.45) is 0 Å². The number of hydrogen-bond acceptors (Lipinski definition) is 3. The van der Waals surface area contributed by atoms with Crippen LogP contribution in [0.25, 0.3) is 10.9 Å².